The van der Waals surface area contributed by atoms with Crippen LogP contribution in [0.15, 0.2) is 83.9 Å². The molecule has 0 unspecified atom stereocenters. The maximum atomic E-state index is 14.1. The van der Waals surface area contributed by atoms with E-state index in [0.29, 0.717) is 39.2 Å². The molecule has 5 aromatic rings. The molecule has 0 spiro atoms. The average molecular weight is 587 g/mol. The van der Waals surface area contributed by atoms with Crippen molar-refractivity contribution in [3.63, 3.8) is 0 Å². The van der Waals surface area contributed by atoms with Crippen LogP contribution in [0.1, 0.15) is 24.7 Å². The number of carbonyl (C=O) groups excluding carboxylic acids is 1. The number of nitrogens with one attached hydrogen (secondary N) is 1. The van der Waals surface area contributed by atoms with Crippen LogP contribution in [0, 0.1) is 5.41 Å². The number of aromatic nitrogens is 3. The Balaban J connectivity index is 1.49. The predicted molar refractivity (Wildman–Crippen MR) is 160 cm³/mol. The quantitative estimate of drug-likeness (QED) is 0.133. The third-order valence-corrected chi connectivity index (χ3v) is 8.63. The van der Waals surface area contributed by atoms with E-state index in [1.807, 2.05) is 11.6 Å². The molecule has 3 N–H and O–H groups in total. The number of pyridine rings is 1. The molecule has 2 aromatic heterocycles. The molecule has 11 nitrogen and oxygen atoms in total. The Hall–Kier alpha value is -4.97. The van der Waals surface area contributed by atoms with E-state index >= 15 is 0 Å². The lowest BCUT2D eigenvalue weighted by Crippen LogP contribution is -2.33. The Morgan fingerprint density at radius 2 is 1.83 bits per heavy atom. The van der Waals surface area contributed by atoms with E-state index in [4.69, 9.17) is 25.6 Å². The fourth-order valence-corrected chi connectivity index (χ4v) is 6.24. The number of aryl methyl sites for hydroxylation is 1. The van der Waals surface area contributed by atoms with Crippen LogP contribution >= 0.6 is 0 Å². The SMILES string of the molecule is CCOC(=O)CCN(c1ccc2c(c1)nc(COc1ccc(C(=N)N)cc1)n2C)S(=O)(=O)c1cccc2cccnc12. The van der Waals surface area contributed by atoms with E-state index in [2.05, 4.69) is 4.98 Å². The maximum absolute atomic E-state index is 14.1. The number of imidazole rings is 1. The van der Waals surface area contributed by atoms with Crippen LogP contribution < -0.4 is 14.8 Å². The summed E-state index contributed by atoms with van der Waals surface area (Å²) in [5, 5.41) is 8.21. The average Bonchev–Trinajstić information content (AvgIpc) is 3.30. The van der Waals surface area contributed by atoms with E-state index in [1.54, 1.807) is 79.9 Å². The van der Waals surface area contributed by atoms with Crippen molar-refractivity contribution in [2.75, 3.05) is 17.5 Å². The Labute approximate surface area is 243 Å². The van der Waals surface area contributed by atoms with Crippen LogP contribution in [0.2, 0.25) is 0 Å². The zero-order valence-electron chi connectivity index (χ0n) is 23.1. The van der Waals surface area contributed by atoms with Crippen molar-refractivity contribution < 1.29 is 22.7 Å². The number of ether oxygens (including phenoxy) is 2. The first-order valence-electron chi connectivity index (χ1n) is 13.2. The van der Waals surface area contributed by atoms with Crippen molar-refractivity contribution >= 4 is 49.5 Å². The number of esters is 1. The summed E-state index contributed by atoms with van der Waals surface area (Å²) >= 11 is 0. The van der Waals surface area contributed by atoms with Crippen LogP contribution in [-0.2, 0) is 33.2 Å². The van der Waals surface area contributed by atoms with Crippen LogP contribution in [0.3, 0.4) is 0 Å². The lowest BCUT2D eigenvalue weighted by molar-refractivity contribution is -0.142. The minimum atomic E-state index is -4.14. The maximum Gasteiger partial charge on any atom is 0.307 e. The number of anilines is 1. The van der Waals surface area contributed by atoms with Gasteiger partial charge >= 0.3 is 5.97 Å². The van der Waals surface area contributed by atoms with E-state index < -0.39 is 16.0 Å². The molecular weight excluding hydrogens is 556 g/mol. The third-order valence-electron chi connectivity index (χ3n) is 6.77. The number of nitrogens with two attached hydrogens (primary N) is 1. The van der Waals surface area contributed by atoms with Crippen LogP contribution in [0.25, 0.3) is 21.9 Å². The standard InChI is InChI=1S/C30H30N6O5S/c1-3-40-28(37)15-17-36(42(38,39)26-8-4-6-20-7-5-16-33-29(20)26)22-11-14-25-24(18-22)34-27(35(25)2)19-41-23-12-9-21(10-13-23)30(31)32/h4-14,16,18H,3,15,17,19H2,1-2H3,(H3,31,32). The first-order valence-corrected chi connectivity index (χ1v) is 14.7. The summed E-state index contributed by atoms with van der Waals surface area (Å²) in [6.45, 7) is 1.93. The van der Waals surface area contributed by atoms with Crippen molar-refractivity contribution in [2.24, 2.45) is 12.8 Å². The summed E-state index contributed by atoms with van der Waals surface area (Å²) in [4.78, 5) is 21.3. The highest BCUT2D eigenvalue weighted by Crippen LogP contribution is 2.31. The van der Waals surface area contributed by atoms with Crippen molar-refractivity contribution in [2.45, 2.75) is 24.8 Å². The number of rotatable bonds is 11. The lowest BCUT2D eigenvalue weighted by Gasteiger charge is -2.24. The van der Waals surface area contributed by atoms with Crippen molar-refractivity contribution in [3.05, 3.63) is 90.4 Å². The first kappa shape index (κ1) is 28.6. The number of carbonyl (C=O) groups is 1. The van der Waals surface area contributed by atoms with E-state index in [9.17, 15) is 13.2 Å². The van der Waals surface area contributed by atoms with E-state index in [1.165, 1.54) is 10.4 Å². The molecule has 0 fully saturated rings. The number of nitrogen functional groups attached to an aromatic ring is 1. The second-order valence-electron chi connectivity index (χ2n) is 9.45. The summed E-state index contributed by atoms with van der Waals surface area (Å²) in [6, 6.07) is 20.5. The van der Waals surface area contributed by atoms with Crippen LogP contribution in [0.5, 0.6) is 5.75 Å². The van der Waals surface area contributed by atoms with Gasteiger partial charge in [0.05, 0.1) is 35.3 Å². The summed E-state index contributed by atoms with van der Waals surface area (Å²) in [7, 11) is -2.29. The fourth-order valence-electron chi connectivity index (χ4n) is 4.62. The number of sulfonamides is 1. The largest absolute Gasteiger partial charge is 0.486 e. The summed E-state index contributed by atoms with van der Waals surface area (Å²) < 4.78 is 42.3. The molecular formula is C30H30N6O5S. The molecule has 0 saturated heterocycles. The summed E-state index contributed by atoms with van der Waals surface area (Å²) in [5.41, 5.74) is 8.15. The molecule has 3 aromatic carbocycles. The molecule has 216 valence electrons. The number of para-hydroxylation sites is 1. The lowest BCUT2D eigenvalue weighted by atomic mass is 10.2. The highest BCUT2D eigenvalue weighted by molar-refractivity contribution is 7.93. The zero-order valence-corrected chi connectivity index (χ0v) is 24.0. The Morgan fingerprint density at radius 1 is 1.07 bits per heavy atom. The summed E-state index contributed by atoms with van der Waals surface area (Å²) in [5.74, 6) is 0.691. The molecule has 0 aliphatic carbocycles. The van der Waals surface area contributed by atoms with Crippen molar-refractivity contribution in [3.8, 4) is 5.75 Å². The van der Waals surface area contributed by atoms with Gasteiger partial charge in [-0.1, -0.05) is 18.2 Å². The number of benzene rings is 3. The van der Waals surface area contributed by atoms with Crippen LogP contribution in [-0.4, -0.2) is 47.9 Å². The predicted octanol–water partition coefficient (Wildman–Crippen LogP) is 4.13. The van der Waals surface area contributed by atoms with Gasteiger partial charge < -0.3 is 19.8 Å². The number of fused-ring (bicyclic) bond motifs is 2. The molecule has 42 heavy (non-hydrogen) atoms. The molecule has 0 atom stereocenters. The highest BCUT2D eigenvalue weighted by Gasteiger charge is 2.29. The molecule has 0 aliphatic rings. The fraction of sp³-hybridized carbons (Fsp3) is 0.200. The molecule has 5 rings (SSSR count). The van der Waals surface area contributed by atoms with Gasteiger partial charge in [-0.15, -0.1) is 0 Å². The molecule has 0 aliphatic heterocycles. The highest BCUT2D eigenvalue weighted by atomic mass is 32.2. The Bertz CT molecular complexity index is 1880. The molecule has 0 saturated carbocycles. The second-order valence-corrected chi connectivity index (χ2v) is 11.3. The summed E-state index contributed by atoms with van der Waals surface area (Å²) in [6.07, 6.45) is 1.42. The second kappa shape index (κ2) is 11.9. The van der Waals surface area contributed by atoms with Gasteiger partial charge in [0.25, 0.3) is 10.0 Å². The van der Waals surface area contributed by atoms with E-state index in [-0.39, 0.29) is 36.9 Å². The molecule has 2 heterocycles. The first-order chi connectivity index (χ1) is 20.2. The minimum Gasteiger partial charge on any atom is -0.486 e. The Morgan fingerprint density at radius 3 is 2.57 bits per heavy atom. The number of hydrogen-bond acceptors (Lipinski definition) is 8. The van der Waals surface area contributed by atoms with Gasteiger partial charge in [-0.3, -0.25) is 19.5 Å². The number of hydrogen-bond donors (Lipinski definition) is 2. The monoisotopic (exact) mass is 586 g/mol. The molecule has 0 radical (unpaired) electrons. The van der Waals surface area contributed by atoms with Gasteiger partial charge in [-0.25, -0.2) is 13.4 Å². The van der Waals surface area contributed by atoms with E-state index in [0.717, 1.165) is 5.52 Å². The third kappa shape index (κ3) is 5.75. The van der Waals surface area contributed by atoms with Crippen molar-refractivity contribution in [1.29, 1.82) is 5.41 Å². The van der Waals surface area contributed by atoms with Gasteiger partial charge in [-0.2, -0.15) is 0 Å². The molecule has 0 bridgehead atoms. The van der Waals surface area contributed by atoms with Crippen LogP contribution in [0.4, 0.5) is 5.69 Å². The van der Waals surface area contributed by atoms with Gasteiger partial charge in [0.1, 0.15) is 28.9 Å². The van der Waals surface area contributed by atoms with Gasteiger partial charge in [0.2, 0.25) is 0 Å². The smallest absolute Gasteiger partial charge is 0.307 e. The number of amidine groups is 1. The minimum absolute atomic E-state index is 0.0252. The zero-order chi connectivity index (χ0) is 29.9. The molecule has 12 heteroatoms. The topological polar surface area (TPSA) is 153 Å². The van der Waals surface area contributed by atoms with Gasteiger partial charge in [0.15, 0.2) is 0 Å². The number of nitrogens with zero attached hydrogens (tertiary/aromatic N) is 4. The molecule has 0 amide bonds. The van der Waals surface area contributed by atoms with Crippen molar-refractivity contribution in [1.82, 2.24) is 14.5 Å². The normalized spacial score (nSPS) is 11.5. The van der Waals surface area contributed by atoms with Gasteiger partial charge in [0, 0.05) is 30.7 Å². The Kier molecular flexibility index (Phi) is 8.07. The van der Waals surface area contributed by atoms with Gasteiger partial charge in [-0.05, 0) is 61.5 Å².